The highest BCUT2D eigenvalue weighted by molar-refractivity contribution is 7.19. The Labute approximate surface area is 122 Å². The summed E-state index contributed by atoms with van der Waals surface area (Å²) in [6, 6.07) is 0. The lowest BCUT2D eigenvalue weighted by Gasteiger charge is -2.13. The molecule has 0 amide bonds. The van der Waals surface area contributed by atoms with Gasteiger partial charge in [-0.25, -0.2) is 9.97 Å². The Hall–Kier alpha value is -1.20. The Bertz CT molecular complexity index is 646. The van der Waals surface area contributed by atoms with Gasteiger partial charge in [0.15, 0.2) is 0 Å². The van der Waals surface area contributed by atoms with Gasteiger partial charge in [-0.1, -0.05) is 0 Å². The van der Waals surface area contributed by atoms with Gasteiger partial charge in [-0.05, 0) is 37.7 Å². The van der Waals surface area contributed by atoms with Crippen molar-refractivity contribution in [1.82, 2.24) is 9.97 Å². The van der Waals surface area contributed by atoms with Crippen LogP contribution in [-0.2, 0) is 17.6 Å². The first-order valence-corrected chi connectivity index (χ1v) is 8.26. The first-order valence-electron chi connectivity index (χ1n) is 7.44. The lowest BCUT2D eigenvalue weighted by atomic mass is 9.97. The van der Waals surface area contributed by atoms with Crippen LogP contribution in [0.25, 0.3) is 10.2 Å². The van der Waals surface area contributed by atoms with Crippen LogP contribution in [0.5, 0.6) is 0 Å². The van der Waals surface area contributed by atoms with Gasteiger partial charge in [0.05, 0.1) is 12.0 Å². The van der Waals surface area contributed by atoms with E-state index in [0.29, 0.717) is 5.92 Å². The molecule has 1 aliphatic heterocycles. The van der Waals surface area contributed by atoms with Gasteiger partial charge < -0.3 is 10.1 Å². The average molecular weight is 289 g/mol. The predicted octanol–water partition coefficient (Wildman–Crippen LogP) is 3.12. The minimum Gasteiger partial charge on any atom is -0.381 e. The number of thiophene rings is 1. The Morgan fingerprint density at radius 3 is 2.95 bits per heavy atom. The highest BCUT2D eigenvalue weighted by Gasteiger charge is 2.25. The van der Waals surface area contributed by atoms with Crippen LogP contribution in [0.4, 0.5) is 5.82 Å². The first kappa shape index (κ1) is 12.5. The molecule has 1 aliphatic carbocycles. The minimum atomic E-state index is 0.366. The zero-order valence-electron chi connectivity index (χ0n) is 11.7. The van der Waals surface area contributed by atoms with Gasteiger partial charge in [-0.3, -0.25) is 0 Å². The summed E-state index contributed by atoms with van der Waals surface area (Å²) in [7, 11) is 1.96. The van der Waals surface area contributed by atoms with Gasteiger partial charge >= 0.3 is 0 Å². The molecule has 5 heteroatoms. The van der Waals surface area contributed by atoms with Crippen LogP contribution in [-0.4, -0.2) is 30.2 Å². The van der Waals surface area contributed by atoms with Crippen molar-refractivity contribution in [3.8, 4) is 0 Å². The van der Waals surface area contributed by atoms with E-state index in [0.717, 1.165) is 36.1 Å². The quantitative estimate of drug-likeness (QED) is 0.923. The second kappa shape index (κ2) is 4.97. The SMILES string of the molecule is CNc1nc(C2CCOC2)nc2sc3c(c12)CCCC3. The lowest BCUT2D eigenvalue weighted by molar-refractivity contribution is 0.193. The van der Waals surface area contributed by atoms with Crippen LogP contribution in [0.15, 0.2) is 0 Å². The molecule has 4 rings (SSSR count). The maximum Gasteiger partial charge on any atom is 0.138 e. The molecule has 1 unspecified atom stereocenters. The largest absolute Gasteiger partial charge is 0.381 e. The molecule has 2 aromatic heterocycles. The number of aryl methyl sites for hydroxylation is 2. The van der Waals surface area contributed by atoms with Crippen molar-refractivity contribution in [3.05, 3.63) is 16.3 Å². The molecule has 2 aliphatic rings. The van der Waals surface area contributed by atoms with Crippen molar-refractivity contribution in [1.29, 1.82) is 0 Å². The van der Waals surface area contributed by atoms with Crippen molar-refractivity contribution in [2.75, 3.05) is 25.6 Å². The number of nitrogens with zero attached hydrogens (tertiary/aromatic N) is 2. The molecular weight excluding hydrogens is 270 g/mol. The Morgan fingerprint density at radius 1 is 1.25 bits per heavy atom. The molecule has 1 N–H and O–H groups in total. The molecule has 2 aromatic rings. The highest BCUT2D eigenvalue weighted by Crippen LogP contribution is 2.39. The standard InChI is InChI=1S/C15H19N3OS/c1-16-14-12-10-4-2-3-5-11(10)20-15(12)18-13(17-14)9-6-7-19-8-9/h9H,2-8H2,1H3,(H,16,17,18). The van der Waals surface area contributed by atoms with Crippen LogP contribution < -0.4 is 5.32 Å². The van der Waals surface area contributed by atoms with E-state index in [9.17, 15) is 0 Å². The summed E-state index contributed by atoms with van der Waals surface area (Å²) in [5, 5.41) is 4.56. The van der Waals surface area contributed by atoms with Gasteiger partial charge in [0.25, 0.3) is 0 Å². The van der Waals surface area contributed by atoms with E-state index in [4.69, 9.17) is 14.7 Å². The molecule has 1 atom stereocenters. The Morgan fingerprint density at radius 2 is 2.15 bits per heavy atom. The minimum absolute atomic E-state index is 0.366. The summed E-state index contributed by atoms with van der Waals surface area (Å²) >= 11 is 1.87. The normalized spacial score (nSPS) is 22.1. The monoisotopic (exact) mass is 289 g/mol. The van der Waals surface area contributed by atoms with Crippen molar-refractivity contribution in [2.24, 2.45) is 0 Å². The summed E-state index contributed by atoms with van der Waals surface area (Å²) in [4.78, 5) is 12.3. The topological polar surface area (TPSA) is 47.0 Å². The summed E-state index contributed by atoms with van der Waals surface area (Å²) in [5.74, 6) is 2.33. The smallest absolute Gasteiger partial charge is 0.138 e. The molecule has 3 heterocycles. The number of fused-ring (bicyclic) bond motifs is 3. The number of hydrogen-bond donors (Lipinski definition) is 1. The van der Waals surface area contributed by atoms with Gasteiger partial charge in [0, 0.05) is 24.4 Å². The van der Waals surface area contributed by atoms with Gasteiger partial charge in [-0.2, -0.15) is 0 Å². The van der Waals surface area contributed by atoms with E-state index in [-0.39, 0.29) is 0 Å². The molecule has 0 bridgehead atoms. The second-order valence-corrected chi connectivity index (χ2v) is 6.72. The van der Waals surface area contributed by atoms with Gasteiger partial charge in [0.2, 0.25) is 0 Å². The number of nitrogens with one attached hydrogen (secondary N) is 1. The molecular formula is C15H19N3OS. The zero-order valence-corrected chi connectivity index (χ0v) is 12.6. The highest BCUT2D eigenvalue weighted by atomic mass is 32.1. The van der Waals surface area contributed by atoms with Crippen LogP contribution in [0.3, 0.4) is 0 Å². The fourth-order valence-electron chi connectivity index (χ4n) is 3.28. The summed E-state index contributed by atoms with van der Waals surface area (Å²) in [6.07, 6.45) is 6.03. The van der Waals surface area contributed by atoms with Gasteiger partial charge in [0.1, 0.15) is 16.5 Å². The maximum absolute atomic E-state index is 5.48. The number of rotatable bonds is 2. The Kier molecular flexibility index (Phi) is 3.11. The third kappa shape index (κ3) is 1.91. The number of aromatic nitrogens is 2. The van der Waals surface area contributed by atoms with Gasteiger partial charge in [-0.15, -0.1) is 11.3 Å². The van der Waals surface area contributed by atoms with E-state index < -0.39 is 0 Å². The Balaban J connectivity index is 1.89. The van der Waals surface area contributed by atoms with Crippen LogP contribution in [0.1, 0.15) is 41.4 Å². The third-order valence-electron chi connectivity index (χ3n) is 4.36. The predicted molar refractivity (Wildman–Crippen MR) is 81.8 cm³/mol. The van der Waals surface area contributed by atoms with Crippen molar-refractivity contribution in [2.45, 2.75) is 38.0 Å². The van der Waals surface area contributed by atoms with E-state index in [1.54, 1.807) is 0 Å². The average Bonchev–Trinajstić information content (AvgIpc) is 3.13. The molecule has 4 nitrogen and oxygen atoms in total. The summed E-state index contributed by atoms with van der Waals surface area (Å²) < 4.78 is 5.48. The van der Waals surface area contributed by atoms with Crippen LogP contribution in [0, 0.1) is 0 Å². The molecule has 106 valence electrons. The second-order valence-electron chi connectivity index (χ2n) is 5.63. The molecule has 0 saturated carbocycles. The lowest BCUT2D eigenvalue weighted by Crippen LogP contribution is -2.07. The van der Waals surface area contributed by atoms with Crippen molar-refractivity contribution < 1.29 is 4.74 Å². The van der Waals surface area contributed by atoms with E-state index in [2.05, 4.69) is 5.32 Å². The fourth-order valence-corrected chi connectivity index (χ4v) is 4.54. The van der Waals surface area contributed by atoms with Crippen molar-refractivity contribution >= 4 is 27.4 Å². The molecule has 1 saturated heterocycles. The van der Waals surface area contributed by atoms with E-state index in [1.165, 1.54) is 41.5 Å². The summed E-state index contributed by atoms with van der Waals surface area (Å²) in [5.41, 5.74) is 1.50. The van der Waals surface area contributed by atoms with Crippen molar-refractivity contribution in [3.63, 3.8) is 0 Å². The molecule has 0 radical (unpaired) electrons. The number of anilines is 1. The van der Waals surface area contributed by atoms with Crippen LogP contribution >= 0.6 is 11.3 Å². The first-order chi connectivity index (χ1) is 9.86. The molecule has 0 aromatic carbocycles. The summed E-state index contributed by atoms with van der Waals surface area (Å²) in [6.45, 7) is 1.60. The molecule has 1 fully saturated rings. The molecule has 20 heavy (non-hydrogen) atoms. The van der Waals surface area contributed by atoms with E-state index >= 15 is 0 Å². The third-order valence-corrected chi connectivity index (χ3v) is 5.55. The van der Waals surface area contributed by atoms with Crippen LogP contribution in [0.2, 0.25) is 0 Å². The fraction of sp³-hybridized carbons (Fsp3) is 0.600. The zero-order chi connectivity index (χ0) is 13.5. The maximum atomic E-state index is 5.48. The number of ether oxygens (including phenoxy) is 1. The molecule has 0 spiro atoms. The number of hydrogen-bond acceptors (Lipinski definition) is 5. The van der Waals surface area contributed by atoms with E-state index in [1.807, 2.05) is 18.4 Å².